The highest BCUT2D eigenvalue weighted by atomic mass is 16.3. The number of Topliss-reactive ketones (excluding diaryl/α,β-unsaturated/α-hetero) is 2. The van der Waals surface area contributed by atoms with E-state index in [1.807, 2.05) is 0 Å². The van der Waals surface area contributed by atoms with Gasteiger partial charge in [-0.25, -0.2) is 0 Å². The lowest BCUT2D eigenvalue weighted by Crippen LogP contribution is -2.42. The van der Waals surface area contributed by atoms with Crippen LogP contribution in [0.25, 0.3) is 0 Å². The Kier molecular flexibility index (Phi) is 4.38. The zero-order valence-corrected chi connectivity index (χ0v) is 8.28. The molecule has 84 valence electrons. The molecule has 0 aromatic carbocycles. The summed E-state index contributed by atoms with van der Waals surface area (Å²) in [6, 6.07) is -0.767. The van der Waals surface area contributed by atoms with Gasteiger partial charge in [-0.3, -0.25) is 14.4 Å². The van der Waals surface area contributed by atoms with Crippen LogP contribution in [0.3, 0.4) is 0 Å². The van der Waals surface area contributed by atoms with Gasteiger partial charge < -0.3 is 15.7 Å². The molecule has 0 aromatic heterocycles. The van der Waals surface area contributed by atoms with Gasteiger partial charge in [0.15, 0.2) is 5.78 Å². The van der Waals surface area contributed by atoms with Crippen LogP contribution in [0.4, 0.5) is 0 Å². The van der Waals surface area contributed by atoms with Crippen LogP contribution in [0.2, 0.25) is 0 Å². The Morgan fingerprint density at radius 1 is 1.47 bits per heavy atom. The first-order chi connectivity index (χ1) is 7.13. The van der Waals surface area contributed by atoms with Gasteiger partial charge in [-0.1, -0.05) is 0 Å². The molecule has 0 radical (unpaired) electrons. The molecule has 1 heterocycles. The smallest absolute Gasteiger partial charge is 0.222 e. The van der Waals surface area contributed by atoms with Crippen molar-refractivity contribution in [2.75, 3.05) is 19.7 Å². The van der Waals surface area contributed by atoms with Gasteiger partial charge in [0.25, 0.3) is 0 Å². The van der Waals surface area contributed by atoms with E-state index < -0.39 is 18.4 Å². The second kappa shape index (κ2) is 5.57. The van der Waals surface area contributed by atoms with E-state index in [9.17, 15) is 14.4 Å². The SMILES string of the molecule is O=C1CCNC(=O)CC(C(=O)CO)NC1. The summed E-state index contributed by atoms with van der Waals surface area (Å²) in [7, 11) is 0. The van der Waals surface area contributed by atoms with E-state index in [-0.39, 0.29) is 31.1 Å². The summed E-state index contributed by atoms with van der Waals surface area (Å²) in [4.78, 5) is 33.6. The summed E-state index contributed by atoms with van der Waals surface area (Å²) in [6.07, 6.45) is 0.228. The minimum atomic E-state index is -0.767. The predicted octanol–water partition coefficient (Wildman–Crippen LogP) is -2.01. The number of carbonyl (C=O) groups excluding carboxylic acids is 3. The second-order valence-corrected chi connectivity index (χ2v) is 3.40. The van der Waals surface area contributed by atoms with E-state index in [1.54, 1.807) is 0 Å². The molecule has 1 amide bonds. The summed E-state index contributed by atoms with van der Waals surface area (Å²) < 4.78 is 0. The predicted molar refractivity (Wildman–Crippen MR) is 51.1 cm³/mol. The summed E-state index contributed by atoms with van der Waals surface area (Å²) in [5.41, 5.74) is 0. The number of ketones is 2. The van der Waals surface area contributed by atoms with E-state index >= 15 is 0 Å². The number of nitrogens with one attached hydrogen (secondary N) is 2. The van der Waals surface area contributed by atoms with Gasteiger partial charge >= 0.3 is 0 Å². The Hall–Kier alpha value is -1.27. The maximum atomic E-state index is 11.2. The molecule has 0 aromatic rings. The minimum Gasteiger partial charge on any atom is -0.389 e. The van der Waals surface area contributed by atoms with Crippen LogP contribution >= 0.6 is 0 Å². The lowest BCUT2D eigenvalue weighted by molar-refractivity contribution is -0.128. The summed E-state index contributed by atoms with van der Waals surface area (Å²) in [5.74, 6) is -0.822. The van der Waals surface area contributed by atoms with Gasteiger partial charge in [-0.05, 0) is 0 Å². The summed E-state index contributed by atoms with van der Waals surface area (Å²) in [5, 5.41) is 13.9. The first-order valence-electron chi connectivity index (χ1n) is 4.79. The lowest BCUT2D eigenvalue weighted by atomic mass is 10.1. The van der Waals surface area contributed by atoms with Crippen molar-refractivity contribution >= 4 is 17.5 Å². The van der Waals surface area contributed by atoms with Crippen LogP contribution in [-0.2, 0) is 14.4 Å². The second-order valence-electron chi connectivity index (χ2n) is 3.40. The van der Waals surface area contributed by atoms with Crippen LogP contribution in [-0.4, -0.2) is 48.3 Å². The zero-order chi connectivity index (χ0) is 11.3. The quantitative estimate of drug-likeness (QED) is 0.493. The third kappa shape index (κ3) is 3.77. The van der Waals surface area contributed by atoms with E-state index in [4.69, 9.17) is 5.11 Å². The van der Waals surface area contributed by atoms with Gasteiger partial charge in [0.2, 0.25) is 5.91 Å². The first-order valence-corrected chi connectivity index (χ1v) is 4.79. The van der Waals surface area contributed by atoms with Crippen LogP contribution in [0.1, 0.15) is 12.8 Å². The summed E-state index contributed by atoms with van der Waals surface area (Å²) >= 11 is 0. The molecule has 0 bridgehead atoms. The van der Waals surface area contributed by atoms with Crippen LogP contribution in [0.15, 0.2) is 0 Å². The van der Waals surface area contributed by atoms with Crippen LogP contribution < -0.4 is 10.6 Å². The van der Waals surface area contributed by atoms with Crippen molar-refractivity contribution in [2.24, 2.45) is 0 Å². The van der Waals surface area contributed by atoms with Crippen molar-refractivity contribution in [1.29, 1.82) is 0 Å². The van der Waals surface area contributed by atoms with Gasteiger partial charge in [0.1, 0.15) is 12.4 Å². The molecular formula is C9H14N2O4. The number of carbonyl (C=O) groups is 3. The van der Waals surface area contributed by atoms with Crippen molar-refractivity contribution in [1.82, 2.24) is 10.6 Å². The number of hydrogen-bond acceptors (Lipinski definition) is 5. The Morgan fingerprint density at radius 2 is 2.20 bits per heavy atom. The highest BCUT2D eigenvalue weighted by Gasteiger charge is 2.22. The molecule has 3 N–H and O–H groups in total. The molecule has 0 aliphatic carbocycles. The third-order valence-corrected chi connectivity index (χ3v) is 2.21. The van der Waals surface area contributed by atoms with Crippen LogP contribution in [0.5, 0.6) is 0 Å². The minimum absolute atomic E-state index is 0.0350. The molecule has 1 fully saturated rings. The Bertz CT molecular complexity index is 277. The Balaban J connectivity index is 2.63. The maximum absolute atomic E-state index is 11.2. The van der Waals surface area contributed by atoms with Crippen molar-refractivity contribution in [3.63, 3.8) is 0 Å². The number of aliphatic hydroxyl groups is 1. The van der Waals surface area contributed by atoms with Gasteiger partial charge in [0.05, 0.1) is 12.6 Å². The molecule has 1 aliphatic heterocycles. The molecule has 1 rings (SSSR count). The Labute approximate surface area is 87.0 Å². The number of amides is 1. The maximum Gasteiger partial charge on any atom is 0.222 e. The monoisotopic (exact) mass is 214 g/mol. The number of aliphatic hydroxyl groups excluding tert-OH is 1. The first kappa shape index (κ1) is 11.8. The fourth-order valence-electron chi connectivity index (χ4n) is 1.33. The van der Waals surface area contributed by atoms with Crippen molar-refractivity contribution in [3.8, 4) is 0 Å². The molecule has 6 heteroatoms. The largest absolute Gasteiger partial charge is 0.389 e. The van der Waals surface area contributed by atoms with Crippen LogP contribution in [0, 0.1) is 0 Å². The average molecular weight is 214 g/mol. The average Bonchev–Trinajstić information content (AvgIpc) is 2.29. The molecule has 1 unspecified atom stereocenters. The van der Waals surface area contributed by atoms with E-state index in [0.717, 1.165) is 0 Å². The molecule has 1 saturated heterocycles. The van der Waals surface area contributed by atoms with Gasteiger partial charge in [0, 0.05) is 19.4 Å². The number of rotatable bonds is 2. The fraction of sp³-hybridized carbons (Fsp3) is 0.667. The van der Waals surface area contributed by atoms with Crippen molar-refractivity contribution in [3.05, 3.63) is 0 Å². The molecule has 15 heavy (non-hydrogen) atoms. The molecular weight excluding hydrogens is 200 g/mol. The molecule has 0 saturated carbocycles. The van der Waals surface area contributed by atoms with E-state index in [2.05, 4.69) is 10.6 Å². The molecule has 6 nitrogen and oxygen atoms in total. The fourth-order valence-corrected chi connectivity index (χ4v) is 1.33. The highest BCUT2D eigenvalue weighted by molar-refractivity contribution is 5.91. The lowest BCUT2D eigenvalue weighted by Gasteiger charge is -2.13. The molecule has 1 atom stereocenters. The Morgan fingerprint density at radius 3 is 2.87 bits per heavy atom. The van der Waals surface area contributed by atoms with E-state index in [1.165, 1.54) is 0 Å². The van der Waals surface area contributed by atoms with Crippen molar-refractivity contribution < 1.29 is 19.5 Å². The van der Waals surface area contributed by atoms with Gasteiger partial charge in [-0.2, -0.15) is 0 Å². The van der Waals surface area contributed by atoms with Gasteiger partial charge in [-0.15, -0.1) is 0 Å². The topological polar surface area (TPSA) is 95.5 Å². The summed E-state index contributed by atoms with van der Waals surface area (Å²) in [6.45, 7) is -0.260. The standard InChI is InChI=1S/C9H14N2O4/c12-5-8(14)7-3-9(15)10-2-1-6(13)4-11-7/h7,11-12H,1-5H2,(H,10,15). The van der Waals surface area contributed by atoms with E-state index in [0.29, 0.717) is 6.54 Å². The number of hydrogen-bond donors (Lipinski definition) is 3. The van der Waals surface area contributed by atoms with Crippen molar-refractivity contribution in [2.45, 2.75) is 18.9 Å². The third-order valence-electron chi connectivity index (χ3n) is 2.21. The normalized spacial score (nSPS) is 23.7. The highest BCUT2D eigenvalue weighted by Crippen LogP contribution is 1.97. The molecule has 1 aliphatic rings. The zero-order valence-electron chi connectivity index (χ0n) is 8.28. The molecule has 0 spiro atoms.